The van der Waals surface area contributed by atoms with Gasteiger partial charge in [0.15, 0.2) is 0 Å². The first-order valence-electron chi connectivity index (χ1n) is 12.8. The third-order valence-corrected chi connectivity index (χ3v) is 7.33. The monoisotopic (exact) mass is 539 g/mol. The van der Waals surface area contributed by atoms with Crippen LogP contribution >= 0.6 is 0 Å². The Morgan fingerprint density at radius 1 is 1.10 bits per heavy atom. The van der Waals surface area contributed by atoms with Gasteiger partial charge in [-0.15, -0.1) is 0 Å². The molecule has 0 aromatic heterocycles. The SMILES string of the molecule is CNC(=O)Nc1ccc2c(c1)COC[C@@H]2C(=O)N(CC(=O)N1Cc2cc(F)ccc2OC[C@H]1C1CC1)C(N)=O. The predicted octanol–water partition coefficient (Wildman–Crippen LogP) is 2.30. The molecule has 2 heterocycles. The lowest BCUT2D eigenvalue weighted by molar-refractivity contribution is -0.142. The van der Waals surface area contributed by atoms with Crippen LogP contribution in [0.4, 0.5) is 19.7 Å². The molecule has 5 rings (SSSR count). The van der Waals surface area contributed by atoms with Crippen molar-refractivity contribution >= 4 is 29.6 Å². The number of hydrogen-bond donors (Lipinski definition) is 3. The molecule has 1 saturated carbocycles. The fraction of sp³-hybridized carbons (Fsp3) is 0.407. The Morgan fingerprint density at radius 2 is 1.90 bits per heavy atom. The Labute approximate surface area is 224 Å². The molecule has 39 heavy (non-hydrogen) atoms. The summed E-state index contributed by atoms with van der Waals surface area (Å²) in [7, 11) is 1.49. The lowest BCUT2D eigenvalue weighted by atomic mass is 9.91. The molecule has 2 aromatic carbocycles. The quantitative estimate of drug-likeness (QED) is 0.532. The Bertz CT molecular complexity index is 1320. The van der Waals surface area contributed by atoms with E-state index in [1.165, 1.54) is 25.2 Å². The van der Waals surface area contributed by atoms with Crippen LogP contribution in [0.25, 0.3) is 0 Å². The number of benzene rings is 2. The van der Waals surface area contributed by atoms with Gasteiger partial charge in [-0.05, 0) is 60.2 Å². The van der Waals surface area contributed by atoms with E-state index in [-0.39, 0.29) is 38.3 Å². The van der Waals surface area contributed by atoms with Gasteiger partial charge in [-0.3, -0.25) is 14.5 Å². The highest BCUT2D eigenvalue weighted by molar-refractivity contribution is 6.01. The maximum absolute atomic E-state index is 14.0. The van der Waals surface area contributed by atoms with Crippen LogP contribution < -0.4 is 21.1 Å². The summed E-state index contributed by atoms with van der Waals surface area (Å²) in [5, 5.41) is 5.13. The number of urea groups is 2. The zero-order chi connectivity index (χ0) is 27.7. The molecule has 6 amide bonds. The van der Waals surface area contributed by atoms with Crippen molar-refractivity contribution in [3.63, 3.8) is 0 Å². The van der Waals surface area contributed by atoms with Crippen LogP contribution in [0.5, 0.6) is 5.75 Å². The third-order valence-electron chi connectivity index (χ3n) is 7.33. The molecule has 1 fully saturated rings. The minimum Gasteiger partial charge on any atom is -0.491 e. The molecule has 4 N–H and O–H groups in total. The molecule has 0 spiro atoms. The van der Waals surface area contributed by atoms with E-state index in [1.54, 1.807) is 23.1 Å². The first kappa shape index (κ1) is 26.4. The van der Waals surface area contributed by atoms with Gasteiger partial charge in [-0.2, -0.15) is 0 Å². The van der Waals surface area contributed by atoms with Crippen molar-refractivity contribution < 1.29 is 33.0 Å². The van der Waals surface area contributed by atoms with Gasteiger partial charge in [0, 0.05) is 24.8 Å². The van der Waals surface area contributed by atoms with Gasteiger partial charge in [-0.1, -0.05) is 6.07 Å². The summed E-state index contributed by atoms with van der Waals surface area (Å²) >= 11 is 0. The van der Waals surface area contributed by atoms with E-state index in [0.717, 1.165) is 17.7 Å². The second-order valence-corrected chi connectivity index (χ2v) is 9.94. The minimum atomic E-state index is -1.06. The summed E-state index contributed by atoms with van der Waals surface area (Å²) in [6.45, 7) is -0.0317. The number of carbonyl (C=O) groups excluding carboxylic acids is 4. The van der Waals surface area contributed by atoms with Crippen LogP contribution in [0.3, 0.4) is 0 Å². The zero-order valence-electron chi connectivity index (χ0n) is 21.4. The Hall–Kier alpha value is -4.19. The molecule has 2 aromatic rings. The topological polar surface area (TPSA) is 143 Å². The Morgan fingerprint density at radius 3 is 2.62 bits per heavy atom. The van der Waals surface area contributed by atoms with E-state index < -0.39 is 42.2 Å². The van der Waals surface area contributed by atoms with E-state index in [0.29, 0.717) is 28.1 Å². The van der Waals surface area contributed by atoms with Gasteiger partial charge in [0.1, 0.15) is 24.7 Å². The van der Waals surface area contributed by atoms with Crippen molar-refractivity contribution in [2.75, 3.05) is 32.1 Å². The molecule has 0 bridgehead atoms. The molecule has 206 valence electrons. The molecule has 2 aliphatic heterocycles. The number of anilines is 1. The van der Waals surface area contributed by atoms with E-state index in [4.69, 9.17) is 15.2 Å². The highest BCUT2D eigenvalue weighted by Crippen LogP contribution is 2.39. The number of hydrogen-bond acceptors (Lipinski definition) is 6. The highest BCUT2D eigenvalue weighted by Gasteiger charge is 2.41. The molecule has 11 nitrogen and oxygen atoms in total. The summed E-state index contributed by atoms with van der Waals surface area (Å²) in [5.74, 6) is -1.74. The number of primary amides is 1. The third kappa shape index (κ3) is 5.65. The van der Waals surface area contributed by atoms with E-state index >= 15 is 0 Å². The zero-order valence-corrected chi connectivity index (χ0v) is 21.4. The first-order chi connectivity index (χ1) is 18.7. The lowest BCUT2D eigenvalue weighted by Crippen LogP contribution is -2.52. The molecule has 0 unspecified atom stereocenters. The number of nitrogens with two attached hydrogens (primary N) is 1. The van der Waals surface area contributed by atoms with Gasteiger partial charge < -0.3 is 30.7 Å². The summed E-state index contributed by atoms with van der Waals surface area (Å²) in [6, 6.07) is 7.47. The van der Waals surface area contributed by atoms with Crippen molar-refractivity contribution in [2.24, 2.45) is 11.7 Å². The van der Waals surface area contributed by atoms with Crippen molar-refractivity contribution in [2.45, 2.75) is 38.0 Å². The first-order valence-corrected chi connectivity index (χ1v) is 12.8. The van der Waals surface area contributed by atoms with E-state index in [1.807, 2.05) is 0 Å². The smallest absolute Gasteiger partial charge is 0.321 e. The second-order valence-electron chi connectivity index (χ2n) is 9.94. The highest BCUT2D eigenvalue weighted by atomic mass is 19.1. The number of rotatable bonds is 5. The van der Waals surface area contributed by atoms with Crippen LogP contribution in [0, 0.1) is 11.7 Å². The van der Waals surface area contributed by atoms with Crippen molar-refractivity contribution in [3.05, 3.63) is 58.9 Å². The standard InChI is InChI=1S/C27H30FN5O6/c1-30-27(37)31-19-5-6-20-17(9-19)12-38-13-21(20)25(35)33(26(29)36)11-24(34)32-10-16-8-18(28)4-7-23(16)39-14-22(32)15-2-3-15/h4-9,15,21-22H,2-3,10-14H2,1H3,(H2,29,36)(H2,30,31,37)/t21-,22-/m0/s1. The number of carbonyl (C=O) groups is 4. The summed E-state index contributed by atoms with van der Waals surface area (Å²) < 4.78 is 25.5. The largest absolute Gasteiger partial charge is 0.491 e. The fourth-order valence-electron chi connectivity index (χ4n) is 5.12. The van der Waals surface area contributed by atoms with E-state index in [9.17, 15) is 23.6 Å². The normalized spacial score (nSPS) is 20.0. The summed E-state index contributed by atoms with van der Waals surface area (Å²) in [4.78, 5) is 53.6. The number of imide groups is 1. The van der Waals surface area contributed by atoms with Gasteiger partial charge >= 0.3 is 12.1 Å². The lowest BCUT2D eigenvalue weighted by Gasteiger charge is -2.33. The van der Waals surface area contributed by atoms with Crippen LogP contribution in [0.15, 0.2) is 36.4 Å². The van der Waals surface area contributed by atoms with Gasteiger partial charge in [-0.25, -0.2) is 14.0 Å². The van der Waals surface area contributed by atoms with Crippen LogP contribution in [-0.2, 0) is 27.5 Å². The van der Waals surface area contributed by atoms with Crippen LogP contribution in [0.1, 0.15) is 35.4 Å². The average Bonchev–Trinajstić information content (AvgIpc) is 3.77. The molecule has 12 heteroatoms. The second kappa shape index (κ2) is 10.9. The number of nitrogens with one attached hydrogen (secondary N) is 2. The van der Waals surface area contributed by atoms with Gasteiger partial charge in [0.05, 0.1) is 25.2 Å². The average molecular weight is 540 g/mol. The van der Waals surface area contributed by atoms with Crippen molar-refractivity contribution in [3.8, 4) is 5.75 Å². The van der Waals surface area contributed by atoms with Crippen molar-refractivity contribution in [1.82, 2.24) is 15.1 Å². The fourth-order valence-corrected chi connectivity index (χ4v) is 5.12. The number of amides is 6. The predicted molar refractivity (Wildman–Crippen MR) is 137 cm³/mol. The Balaban J connectivity index is 1.36. The molecular weight excluding hydrogens is 509 g/mol. The van der Waals surface area contributed by atoms with Crippen molar-refractivity contribution in [1.29, 1.82) is 0 Å². The maximum Gasteiger partial charge on any atom is 0.321 e. The number of ether oxygens (including phenoxy) is 2. The van der Waals surface area contributed by atoms with Gasteiger partial charge in [0.25, 0.3) is 0 Å². The van der Waals surface area contributed by atoms with Crippen LogP contribution in [0.2, 0.25) is 0 Å². The molecule has 2 atom stereocenters. The van der Waals surface area contributed by atoms with Crippen LogP contribution in [-0.4, -0.2) is 66.5 Å². The molecule has 3 aliphatic rings. The number of halogens is 1. The number of fused-ring (bicyclic) bond motifs is 2. The number of nitrogens with zero attached hydrogens (tertiary/aromatic N) is 2. The molecular formula is C27H30FN5O6. The Kier molecular flexibility index (Phi) is 7.38. The van der Waals surface area contributed by atoms with E-state index in [2.05, 4.69) is 10.6 Å². The summed E-state index contributed by atoms with van der Waals surface area (Å²) in [5.41, 5.74) is 7.91. The molecule has 1 aliphatic carbocycles. The molecule has 0 radical (unpaired) electrons. The summed E-state index contributed by atoms with van der Waals surface area (Å²) in [6.07, 6.45) is 1.85. The maximum atomic E-state index is 14.0. The molecule has 0 saturated heterocycles. The minimum absolute atomic E-state index is 0.000923. The van der Waals surface area contributed by atoms with Gasteiger partial charge in [0.2, 0.25) is 11.8 Å².